The van der Waals surface area contributed by atoms with Crippen LogP contribution in [0.25, 0.3) is 0 Å². The summed E-state index contributed by atoms with van der Waals surface area (Å²) in [5.74, 6) is -0.628. The van der Waals surface area contributed by atoms with Gasteiger partial charge in [-0.05, 0) is 74.0 Å². The average Bonchev–Trinajstić information content (AvgIpc) is 3.00. The fourth-order valence-corrected chi connectivity index (χ4v) is 6.62. The summed E-state index contributed by atoms with van der Waals surface area (Å²) < 4.78 is 5.82. The number of hydrogen-bond donors (Lipinski definition) is 1. The van der Waals surface area contributed by atoms with Gasteiger partial charge in [-0.3, -0.25) is 24.3 Å². The molecule has 1 N–H and O–H groups in total. The zero-order valence-corrected chi connectivity index (χ0v) is 26.9. The number of carbonyl (C=O) groups is 3. The first-order valence-electron chi connectivity index (χ1n) is 15.1. The molecular weight excluding hydrogens is 599 g/mol. The number of nitrogens with zero attached hydrogens (tertiary/aromatic N) is 3. The van der Waals surface area contributed by atoms with Crippen molar-refractivity contribution >= 4 is 46.7 Å². The number of rotatable bonds is 9. The molecule has 2 unspecified atom stereocenters. The zero-order valence-electron chi connectivity index (χ0n) is 25.4. The van der Waals surface area contributed by atoms with E-state index in [0.717, 1.165) is 59.4 Å². The molecule has 3 aromatic rings. The smallest absolute Gasteiger partial charge is 0.303 e. The number of benzene rings is 2. The summed E-state index contributed by atoms with van der Waals surface area (Å²) in [6, 6.07) is 14.8. The Hall–Kier alpha value is -3.46. The Morgan fingerprint density at radius 3 is 2.50 bits per heavy atom. The number of esters is 1. The van der Waals surface area contributed by atoms with Crippen molar-refractivity contribution in [3.8, 4) is 0 Å². The molecule has 2 aromatic carbocycles. The maximum absolute atomic E-state index is 13.2. The lowest BCUT2D eigenvalue weighted by atomic mass is 9.89. The van der Waals surface area contributed by atoms with Crippen molar-refractivity contribution in [3.63, 3.8) is 0 Å². The Balaban J connectivity index is 1.43. The van der Waals surface area contributed by atoms with Crippen molar-refractivity contribution in [3.05, 3.63) is 92.2 Å². The fourth-order valence-electron chi connectivity index (χ4n) is 6.31. The first kappa shape index (κ1) is 31.9. The van der Waals surface area contributed by atoms with Crippen LogP contribution in [0.4, 0.5) is 5.69 Å². The molecule has 0 fully saturated rings. The standard InChI is InChI=1S/C34H38Cl2N4O4/c1-21(41)37-32-26-11-7-8-12-30(26)38-33-27(32)19-40(20-31(33)44-22(2)42)16-15-25(24-13-14-28(35)29(36)17-24)18-39(3)34(43)23-9-5-4-6-10-23/h4-6,9-10,13-14,17,25,31H,7-8,11-12,15-16,18-20H2,1-3H3,(H,37,38,41). The molecule has 0 spiro atoms. The third-order valence-corrected chi connectivity index (χ3v) is 9.14. The summed E-state index contributed by atoms with van der Waals surface area (Å²) in [5, 5.41) is 4.03. The van der Waals surface area contributed by atoms with Gasteiger partial charge >= 0.3 is 5.97 Å². The molecule has 10 heteroatoms. The predicted octanol–water partition coefficient (Wildman–Crippen LogP) is 6.59. The van der Waals surface area contributed by atoms with Crippen LogP contribution >= 0.6 is 23.2 Å². The molecule has 2 amide bonds. The number of aryl methyl sites for hydroxylation is 1. The third kappa shape index (κ3) is 7.42. The first-order chi connectivity index (χ1) is 21.1. The summed E-state index contributed by atoms with van der Waals surface area (Å²) in [4.78, 5) is 46.7. The number of carbonyl (C=O) groups excluding carboxylic acids is 3. The number of hydrogen-bond acceptors (Lipinski definition) is 6. The average molecular weight is 638 g/mol. The summed E-state index contributed by atoms with van der Waals surface area (Å²) >= 11 is 12.7. The number of halogens is 2. The molecule has 5 rings (SSSR count). The molecule has 2 atom stereocenters. The van der Waals surface area contributed by atoms with E-state index in [4.69, 9.17) is 32.9 Å². The summed E-state index contributed by atoms with van der Waals surface area (Å²) in [5.41, 5.74) is 6.12. The molecule has 0 saturated heterocycles. The van der Waals surface area contributed by atoms with E-state index in [1.807, 2.05) is 49.5 Å². The molecule has 8 nitrogen and oxygen atoms in total. The van der Waals surface area contributed by atoms with Gasteiger partial charge in [-0.15, -0.1) is 0 Å². The van der Waals surface area contributed by atoms with E-state index in [1.165, 1.54) is 13.8 Å². The number of pyridine rings is 1. The SMILES string of the molecule is CC(=O)Nc1c2c(nc3c1CN(CCC(CN(C)C(=O)c1ccccc1)c1ccc(Cl)c(Cl)c1)CC3OC(C)=O)CCCC2. The van der Waals surface area contributed by atoms with Crippen LogP contribution in [0.3, 0.4) is 0 Å². The van der Waals surface area contributed by atoms with Crippen LogP contribution in [0.2, 0.25) is 10.0 Å². The lowest BCUT2D eigenvalue weighted by Gasteiger charge is -2.37. The Labute approximate surface area is 268 Å². The molecule has 1 aliphatic carbocycles. The molecule has 232 valence electrons. The highest BCUT2D eigenvalue weighted by Gasteiger charge is 2.34. The van der Waals surface area contributed by atoms with E-state index in [1.54, 1.807) is 11.0 Å². The minimum absolute atomic E-state index is 0.0486. The van der Waals surface area contributed by atoms with Crippen LogP contribution in [0.1, 0.15) is 83.6 Å². The van der Waals surface area contributed by atoms with Crippen LogP contribution < -0.4 is 5.32 Å². The minimum atomic E-state index is -0.554. The largest absolute Gasteiger partial charge is 0.455 e. The van der Waals surface area contributed by atoms with E-state index in [0.29, 0.717) is 48.2 Å². The van der Waals surface area contributed by atoms with E-state index in [9.17, 15) is 14.4 Å². The molecule has 44 heavy (non-hydrogen) atoms. The number of nitrogens with one attached hydrogen (secondary N) is 1. The third-order valence-electron chi connectivity index (χ3n) is 8.40. The van der Waals surface area contributed by atoms with Gasteiger partial charge in [0.05, 0.1) is 21.4 Å². The molecule has 2 heterocycles. The monoisotopic (exact) mass is 636 g/mol. The van der Waals surface area contributed by atoms with Crippen molar-refractivity contribution in [2.24, 2.45) is 0 Å². The van der Waals surface area contributed by atoms with Gasteiger partial charge in [-0.2, -0.15) is 0 Å². The number of amides is 2. The molecule has 0 saturated carbocycles. The minimum Gasteiger partial charge on any atom is -0.455 e. The van der Waals surface area contributed by atoms with Crippen LogP contribution in [0.5, 0.6) is 0 Å². The molecule has 1 aliphatic heterocycles. The second-order valence-electron chi connectivity index (χ2n) is 11.7. The van der Waals surface area contributed by atoms with Gasteiger partial charge in [0.2, 0.25) is 5.91 Å². The van der Waals surface area contributed by atoms with Crippen LogP contribution in [-0.2, 0) is 33.7 Å². The van der Waals surface area contributed by atoms with Gasteiger partial charge in [-0.25, -0.2) is 0 Å². The highest BCUT2D eigenvalue weighted by Crippen LogP contribution is 2.39. The van der Waals surface area contributed by atoms with E-state index in [-0.39, 0.29) is 23.7 Å². The van der Waals surface area contributed by atoms with Crippen molar-refractivity contribution in [2.75, 3.05) is 32.0 Å². The number of aromatic nitrogens is 1. The maximum atomic E-state index is 13.2. The van der Waals surface area contributed by atoms with Crippen molar-refractivity contribution in [2.45, 2.75) is 64.5 Å². The summed E-state index contributed by atoms with van der Waals surface area (Å²) in [7, 11) is 1.81. The second kappa shape index (κ2) is 14.1. The second-order valence-corrected chi connectivity index (χ2v) is 12.5. The fraction of sp³-hybridized carbons (Fsp3) is 0.412. The predicted molar refractivity (Wildman–Crippen MR) is 172 cm³/mol. The van der Waals surface area contributed by atoms with Gasteiger partial charge in [0, 0.05) is 63.3 Å². The molecular formula is C34H38Cl2N4O4. The first-order valence-corrected chi connectivity index (χ1v) is 15.8. The number of anilines is 1. The Kier molecular flexibility index (Phi) is 10.2. The van der Waals surface area contributed by atoms with Crippen LogP contribution in [0.15, 0.2) is 48.5 Å². The highest BCUT2D eigenvalue weighted by atomic mass is 35.5. The van der Waals surface area contributed by atoms with Crippen LogP contribution in [-0.4, -0.2) is 59.2 Å². The molecule has 0 radical (unpaired) electrons. The van der Waals surface area contributed by atoms with Crippen molar-refractivity contribution < 1.29 is 19.1 Å². The Bertz CT molecular complexity index is 1550. The number of fused-ring (bicyclic) bond motifs is 2. The topological polar surface area (TPSA) is 91.8 Å². The van der Waals surface area contributed by atoms with Gasteiger partial charge in [-0.1, -0.05) is 47.5 Å². The molecule has 0 bridgehead atoms. The maximum Gasteiger partial charge on any atom is 0.303 e. The Morgan fingerprint density at radius 2 is 1.80 bits per heavy atom. The lowest BCUT2D eigenvalue weighted by molar-refractivity contribution is -0.148. The summed E-state index contributed by atoms with van der Waals surface area (Å²) in [6.07, 6.45) is 3.91. The Morgan fingerprint density at radius 1 is 1.05 bits per heavy atom. The van der Waals surface area contributed by atoms with Gasteiger partial charge in [0.1, 0.15) is 0 Å². The van der Waals surface area contributed by atoms with E-state index >= 15 is 0 Å². The van der Waals surface area contributed by atoms with E-state index < -0.39 is 6.10 Å². The number of ether oxygens (including phenoxy) is 1. The summed E-state index contributed by atoms with van der Waals surface area (Å²) in [6.45, 7) is 5.06. The zero-order chi connectivity index (χ0) is 31.4. The van der Waals surface area contributed by atoms with Gasteiger partial charge < -0.3 is 15.0 Å². The lowest BCUT2D eigenvalue weighted by Crippen LogP contribution is -2.39. The van der Waals surface area contributed by atoms with Crippen molar-refractivity contribution in [1.82, 2.24) is 14.8 Å². The van der Waals surface area contributed by atoms with Crippen LogP contribution in [0, 0.1) is 0 Å². The molecule has 2 aliphatic rings. The van der Waals surface area contributed by atoms with Crippen molar-refractivity contribution in [1.29, 1.82) is 0 Å². The van der Waals surface area contributed by atoms with Gasteiger partial charge in [0.15, 0.2) is 6.10 Å². The molecule has 1 aromatic heterocycles. The normalized spacial score (nSPS) is 16.8. The van der Waals surface area contributed by atoms with E-state index in [2.05, 4.69) is 10.2 Å². The van der Waals surface area contributed by atoms with Gasteiger partial charge in [0.25, 0.3) is 5.91 Å². The quantitative estimate of drug-likeness (QED) is 0.266. The number of likely N-dealkylation sites (N-methyl/N-ethyl adjacent to an activating group) is 1. The highest BCUT2D eigenvalue weighted by molar-refractivity contribution is 6.42.